The van der Waals surface area contributed by atoms with Crippen LogP contribution in [-0.2, 0) is 4.79 Å². The zero-order chi connectivity index (χ0) is 23.7. The SMILES string of the molecule is Cc1cc(C)n(-c2cccc(C(=O)N3CC[C@H]4[C@H](CCC(=O)N4CCC4CCCCC4)C3)c2)n1. The fourth-order valence-corrected chi connectivity index (χ4v) is 6.47. The highest BCUT2D eigenvalue weighted by Gasteiger charge is 2.40. The molecule has 6 nitrogen and oxygen atoms in total. The number of aromatic nitrogens is 2. The standard InChI is InChI=1S/C28H38N4O2/c1-20-17-21(2)32(29-20)25-10-6-9-23(18-25)28(34)30-15-14-26-24(19-30)11-12-27(33)31(26)16-13-22-7-4-3-5-8-22/h6,9-10,17-18,22,24,26H,3-5,7-8,11-16,19H2,1-2H3/t24-,26+/m1/s1. The van der Waals surface area contributed by atoms with E-state index in [1.807, 2.05) is 53.8 Å². The van der Waals surface area contributed by atoms with Gasteiger partial charge in [0.25, 0.3) is 5.91 Å². The number of hydrogen-bond acceptors (Lipinski definition) is 3. The summed E-state index contributed by atoms with van der Waals surface area (Å²) in [6.07, 6.45) is 10.3. The molecule has 182 valence electrons. The molecule has 5 rings (SSSR count). The van der Waals surface area contributed by atoms with Crippen molar-refractivity contribution < 1.29 is 9.59 Å². The van der Waals surface area contributed by atoms with Crippen LogP contribution in [0.15, 0.2) is 30.3 Å². The van der Waals surface area contributed by atoms with Gasteiger partial charge in [-0.2, -0.15) is 5.10 Å². The van der Waals surface area contributed by atoms with Crippen LogP contribution in [0.4, 0.5) is 0 Å². The molecular formula is C28H38N4O2. The van der Waals surface area contributed by atoms with Crippen molar-refractivity contribution in [2.24, 2.45) is 11.8 Å². The zero-order valence-corrected chi connectivity index (χ0v) is 20.7. The fourth-order valence-electron chi connectivity index (χ4n) is 6.47. The van der Waals surface area contributed by atoms with Gasteiger partial charge in [-0.25, -0.2) is 4.68 Å². The minimum Gasteiger partial charge on any atom is -0.339 e. The highest BCUT2D eigenvalue weighted by molar-refractivity contribution is 5.95. The summed E-state index contributed by atoms with van der Waals surface area (Å²) >= 11 is 0. The highest BCUT2D eigenvalue weighted by atomic mass is 16.2. The second kappa shape index (κ2) is 9.93. The maximum atomic E-state index is 13.4. The number of fused-ring (bicyclic) bond motifs is 1. The maximum Gasteiger partial charge on any atom is 0.253 e. The van der Waals surface area contributed by atoms with Gasteiger partial charge >= 0.3 is 0 Å². The molecule has 2 aromatic rings. The number of piperidine rings is 2. The van der Waals surface area contributed by atoms with Crippen molar-refractivity contribution in [2.75, 3.05) is 19.6 Å². The summed E-state index contributed by atoms with van der Waals surface area (Å²) in [5.74, 6) is 1.60. The van der Waals surface area contributed by atoms with Gasteiger partial charge in [0.2, 0.25) is 5.91 Å². The van der Waals surface area contributed by atoms with Crippen molar-refractivity contribution in [1.82, 2.24) is 19.6 Å². The Bertz CT molecular complexity index is 1040. The Labute approximate surface area is 203 Å². The second-order valence-electron chi connectivity index (χ2n) is 10.7. The summed E-state index contributed by atoms with van der Waals surface area (Å²) in [6, 6.07) is 10.1. The van der Waals surface area contributed by atoms with Gasteiger partial charge in [-0.1, -0.05) is 38.2 Å². The Morgan fingerprint density at radius 1 is 1.06 bits per heavy atom. The summed E-state index contributed by atoms with van der Waals surface area (Å²) in [5, 5.41) is 4.57. The largest absolute Gasteiger partial charge is 0.339 e. The van der Waals surface area contributed by atoms with Gasteiger partial charge in [-0.05, 0) is 69.2 Å². The zero-order valence-electron chi connectivity index (χ0n) is 20.7. The Balaban J connectivity index is 1.24. The van der Waals surface area contributed by atoms with Crippen LogP contribution >= 0.6 is 0 Å². The summed E-state index contributed by atoms with van der Waals surface area (Å²) in [4.78, 5) is 30.4. The van der Waals surface area contributed by atoms with Gasteiger partial charge in [0.15, 0.2) is 0 Å². The molecule has 1 aliphatic carbocycles. The number of aryl methyl sites for hydroxylation is 2. The van der Waals surface area contributed by atoms with Gasteiger partial charge < -0.3 is 9.80 Å². The third-order valence-corrected chi connectivity index (χ3v) is 8.28. The summed E-state index contributed by atoms with van der Waals surface area (Å²) in [6.45, 7) is 6.39. The lowest BCUT2D eigenvalue weighted by Crippen LogP contribution is -2.57. The van der Waals surface area contributed by atoms with Gasteiger partial charge in [-0.3, -0.25) is 9.59 Å². The van der Waals surface area contributed by atoms with Crippen LogP contribution in [-0.4, -0.2) is 57.1 Å². The van der Waals surface area contributed by atoms with Crippen LogP contribution in [0.3, 0.4) is 0 Å². The van der Waals surface area contributed by atoms with E-state index >= 15 is 0 Å². The Kier molecular flexibility index (Phi) is 6.75. The minimum absolute atomic E-state index is 0.0903. The minimum atomic E-state index is 0.0903. The molecule has 0 radical (unpaired) electrons. The van der Waals surface area contributed by atoms with E-state index in [-0.39, 0.29) is 5.91 Å². The topological polar surface area (TPSA) is 58.4 Å². The Morgan fingerprint density at radius 2 is 1.88 bits per heavy atom. The van der Waals surface area contributed by atoms with Crippen molar-refractivity contribution in [1.29, 1.82) is 0 Å². The first-order valence-electron chi connectivity index (χ1n) is 13.2. The smallest absolute Gasteiger partial charge is 0.253 e. The van der Waals surface area contributed by atoms with Crippen molar-refractivity contribution >= 4 is 11.8 Å². The molecule has 2 atom stereocenters. The molecule has 2 aliphatic heterocycles. The summed E-state index contributed by atoms with van der Waals surface area (Å²) in [5.41, 5.74) is 3.66. The molecule has 0 N–H and O–H groups in total. The molecule has 6 heteroatoms. The van der Waals surface area contributed by atoms with Crippen molar-refractivity contribution in [3.05, 3.63) is 47.3 Å². The lowest BCUT2D eigenvalue weighted by atomic mass is 9.82. The predicted octanol–water partition coefficient (Wildman–Crippen LogP) is 4.91. The number of rotatable bonds is 5. The predicted molar refractivity (Wildman–Crippen MR) is 133 cm³/mol. The monoisotopic (exact) mass is 462 g/mol. The molecule has 3 heterocycles. The average Bonchev–Trinajstić information content (AvgIpc) is 3.21. The van der Waals surface area contributed by atoms with Gasteiger partial charge in [0.05, 0.1) is 11.4 Å². The van der Waals surface area contributed by atoms with E-state index in [1.165, 1.54) is 32.1 Å². The van der Waals surface area contributed by atoms with Crippen LogP contribution < -0.4 is 0 Å². The third-order valence-electron chi connectivity index (χ3n) is 8.28. The number of amides is 2. The number of hydrogen-bond donors (Lipinski definition) is 0. The van der Waals surface area contributed by atoms with E-state index in [0.717, 1.165) is 61.9 Å². The molecule has 1 aromatic heterocycles. The first-order valence-corrected chi connectivity index (χ1v) is 13.2. The molecular weight excluding hydrogens is 424 g/mol. The molecule has 0 spiro atoms. The van der Waals surface area contributed by atoms with E-state index in [1.54, 1.807) is 0 Å². The quantitative estimate of drug-likeness (QED) is 0.634. The van der Waals surface area contributed by atoms with Crippen molar-refractivity contribution in [3.8, 4) is 5.69 Å². The number of nitrogens with zero attached hydrogens (tertiary/aromatic N) is 4. The Hall–Kier alpha value is -2.63. The van der Waals surface area contributed by atoms with E-state index in [0.29, 0.717) is 29.9 Å². The van der Waals surface area contributed by atoms with Crippen molar-refractivity contribution in [3.63, 3.8) is 0 Å². The van der Waals surface area contributed by atoms with Crippen LogP contribution in [0.2, 0.25) is 0 Å². The molecule has 2 saturated heterocycles. The second-order valence-corrected chi connectivity index (χ2v) is 10.7. The molecule has 1 aromatic carbocycles. The normalized spacial score (nSPS) is 23.8. The highest BCUT2D eigenvalue weighted by Crippen LogP contribution is 2.34. The number of carbonyl (C=O) groups is 2. The molecule has 3 aliphatic rings. The van der Waals surface area contributed by atoms with Crippen LogP contribution in [0.25, 0.3) is 5.69 Å². The first-order chi connectivity index (χ1) is 16.5. The van der Waals surface area contributed by atoms with E-state index in [9.17, 15) is 9.59 Å². The van der Waals surface area contributed by atoms with Gasteiger partial charge in [-0.15, -0.1) is 0 Å². The number of carbonyl (C=O) groups excluding carboxylic acids is 2. The first kappa shape index (κ1) is 23.1. The van der Waals surface area contributed by atoms with E-state index < -0.39 is 0 Å². The maximum absolute atomic E-state index is 13.4. The number of benzene rings is 1. The summed E-state index contributed by atoms with van der Waals surface area (Å²) < 4.78 is 1.90. The number of likely N-dealkylation sites (tertiary alicyclic amines) is 2. The lowest BCUT2D eigenvalue weighted by Gasteiger charge is -2.47. The van der Waals surface area contributed by atoms with E-state index in [4.69, 9.17) is 0 Å². The third kappa shape index (κ3) is 4.77. The Morgan fingerprint density at radius 3 is 2.65 bits per heavy atom. The van der Waals surface area contributed by atoms with Crippen LogP contribution in [0.1, 0.15) is 79.5 Å². The molecule has 0 unspecified atom stereocenters. The molecule has 0 bridgehead atoms. The molecule has 34 heavy (non-hydrogen) atoms. The van der Waals surface area contributed by atoms with Crippen LogP contribution in [0.5, 0.6) is 0 Å². The van der Waals surface area contributed by atoms with Crippen molar-refractivity contribution in [2.45, 2.75) is 77.7 Å². The van der Waals surface area contributed by atoms with E-state index in [2.05, 4.69) is 10.00 Å². The van der Waals surface area contributed by atoms with Crippen LogP contribution in [0, 0.1) is 25.7 Å². The van der Waals surface area contributed by atoms with Gasteiger partial charge in [0, 0.05) is 43.4 Å². The average molecular weight is 463 g/mol. The molecule has 3 fully saturated rings. The molecule has 2 amide bonds. The van der Waals surface area contributed by atoms with Gasteiger partial charge in [0.1, 0.15) is 0 Å². The summed E-state index contributed by atoms with van der Waals surface area (Å²) in [7, 11) is 0. The molecule has 1 saturated carbocycles. The fraction of sp³-hybridized carbons (Fsp3) is 0.607. The lowest BCUT2D eigenvalue weighted by molar-refractivity contribution is -0.140.